The number of nitrogens with two attached hydrogens (primary N) is 1. The molecule has 4 N–H and O–H groups in total. The summed E-state index contributed by atoms with van der Waals surface area (Å²) in [4.78, 5) is 28.2. The Balaban J connectivity index is 2.15. The second-order valence-corrected chi connectivity index (χ2v) is 5.51. The Hall–Kier alpha value is -2.64. The Morgan fingerprint density at radius 2 is 2.26 bits per heavy atom. The van der Waals surface area contributed by atoms with Crippen LogP contribution in [-0.2, 0) is 6.54 Å². The van der Waals surface area contributed by atoms with Crippen LogP contribution in [-0.4, -0.2) is 21.1 Å². The highest BCUT2D eigenvalue weighted by Crippen LogP contribution is 2.21. The summed E-state index contributed by atoms with van der Waals surface area (Å²) in [6.45, 7) is 5.88. The van der Waals surface area contributed by atoms with E-state index in [1.807, 2.05) is 6.92 Å². The molecule has 8 heteroatoms. The van der Waals surface area contributed by atoms with Crippen LogP contribution in [0.3, 0.4) is 0 Å². The van der Waals surface area contributed by atoms with Crippen LogP contribution in [0.2, 0.25) is 0 Å². The van der Waals surface area contributed by atoms with Gasteiger partial charge in [-0.3, -0.25) is 9.89 Å². The molecule has 23 heavy (non-hydrogen) atoms. The second-order valence-electron chi connectivity index (χ2n) is 5.51. The first-order valence-electron chi connectivity index (χ1n) is 7.52. The maximum Gasteiger partial charge on any atom is 0.349 e. The molecule has 0 spiro atoms. The van der Waals surface area contributed by atoms with E-state index in [2.05, 4.69) is 27.4 Å². The number of amides is 1. The molecule has 1 amide bonds. The highest BCUT2D eigenvalue weighted by Gasteiger charge is 2.19. The van der Waals surface area contributed by atoms with Gasteiger partial charge in [0.2, 0.25) is 5.95 Å². The fraction of sp³-hybridized carbons (Fsp3) is 0.467. The summed E-state index contributed by atoms with van der Waals surface area (Å²) in [7, 11) is 0. The molecule has 124 valence electrons. The van der Waals surface area contributed by atoms with E-state index in [1.54, 1.807) is 13.0 Å². The molecule has 1 unspecified atom stereocenters. The molecule has 0 aromatic carbocycles. The standard InChI is InChI=1S/C15H21N5O3/c1-4-5-8(2)10-6-9(3)12(14(22)23-10)13(21)17-7-11-18-15(16)20-19-11/h6,8H,4-5,7H2,1-3H3,(H,17,21)(H3,16,18,19,20). The van der Waals surface area contributed by atoms with Crippen LogP contribution < -0.4 is 16.7 Å². The Morgan fingerprint density at radius 1 is 1.52 bits per heavy atom. The number of nitrogen functional groups attached to an aromatic ring is 1. The van der Waals surface area contributed by atoms with Crippen LogP contribution in [0.1, 0.15) is 60.1 Å². The molecule has 0 aliphatic rings. The van der Waals surface area contributed by atoms with Gasteiger partial charge in [0, 0.05) is 5.92 Å². The Morgan fingerprint density at radius 3 is 2.83 bits per heavy atom. The third kappa shape index (κ3) is 3.97. The van der Waals surface area contributed by atoms with Gasteiger partial charge in [0.25, 0.3) is 5.91 Å². The lowest BCUT2D eigenvalue weighted by Crippen LogP contribution is -2.29. The number of hydrogen-bond donors (Lipinski definition) is 3. The topological polar surface area (TPSA) is 127 Å². The molecule has 0 bridgehead atoms. The number of aryl methyl sites for hydroxylation is 1. The zero-order valence-electron chi connectivity index (χ0n) is 13.5. The molecule has 1 atom stereocenters. The largest absolute Gasteiger partial charge is 0.427 e. The normalized spacial score (nSPS) is 12.1. The van der Waals surface area contributed by atoms with Crippen molar-refractivity contribution in [2.24, 2.45) is 0 Å². The fourth-order valence-corrected chi connectivity index (χ4v) is 2.37. The number of carbonyl (C=O) groups is 1. The number of rotatable bonds is 6. The van der Waals surface area contributed by atoms with Crippen molar-refractivity contribution in [1.29, 1.82) is 0 Å². The minimum atomic E-state index is -0.627. The molecule has 2 aromatic rings. The number of aromatic amines is 1. The molecular formula is C15H21N5O3. The van der Waals surface area contributed by atoms with Crippen molar-refractivity contribution in [2.45, 2.75) is 46.1 Å². The summed E-state index contributed by atoms with van der Waals surface area (Å²) in [6, 6.07) is 1.75. The first-order valence-corrected chi connectivity index (χ1v) is 7.52. The summed E-state index contributed by atoms with van der Waals surface area (Å²) in [6.07, 6.45) is 1.91. The van der Waals surface area contributed by atoms with Crippen molar-refractivity contribution in [3.63, 3.8) is 0 Å². The third-order valence-corrected chi connectivity index (χ3v) is 3.57. The number of nitrogens with zero attached hydrogens (tertiary/aromatic N) is 2. The molecule has 0 aliphatic heterocycles. The van der Waals surface area contributed by atoms with Gasteiger partial charge in [0.1, 0.15) is 17.1 Å². The van der Waals surface area contributed by atoms with E-state index in [9.17, 15) is 9.59 Å². The molecule has 8 nitrogen and oxygen atoms in total. The Bertz CT molecular complexity index is 750. The predicted molar refractivity (Wildman–Crippen MR) is 85.0 cm³/mol. The van der Waals surface area contributed by atoms with Gasteiger partial charge in [-0.15, -0.1) is 5.10 Å². The van der Waals surface area contributed by atoms with Gasteiger partial charge in [0.05, 0.1) is 6.54 Å². The predicted octanol–water partition coefficient (Wildman–Crippen LogP) is 1.48. The van der Waals surface area contributed by atoms with Crippen LogP contribution in [0.5, 0.6) is 0 Å². The quantitative estimate of drug-likeness (QED) is 0.740. The minimum Gasteiger partial charge on any atom is -0.427 e. The van der Waals surface area contributed by atoms with Gasteiger partial charge in [-0.2, -0.15) is 4.98 Å². The molecular weight excluding hydrogens is 298 g/mol. The van der Waals surface area contributed by atoms with Crippen molar-refractivity contribution >= 4 is 11.9 Å². The van der Waals surface area contributed by atoms with E-state index in [-0.39, 0.29) is 24.0 Å². The number of carbonyl (C=O) groups excluding carboxylic acids is 1. The average molecular weight is 319 g/mol. The summed E-state index contributed by atoms with van der Waals surface area (Å²) in [5.41, 5.74) is 5.35. The Kier molecular flexibility index (Phi) is 5.15. The number of nitrogens with one attached hydrogen (secondary N) is 2. The van der Waals surface area contributed by atoms with Crippen LogP contribution in [0.15, 0.2) is 15.3 Å². The maximum absolute atomic E-state index is 12.2. The van der Waals surface area contributed by atoms with Crippen molar-refractivity contribution < 1.29 is 9.21 Å². The van der Waals surface area contributed by atoms with Crippen LogP contribution >= 0.6 is 0 Å². The summed E-state index contributed by atoms with van der Waals surface area (Å²) < 4.78 is 5.31. The van der Waals surface area contributed by atoms with E-state index in [4.69, 9.17) is 10.2 Å². The van der Waals surface area contributed by atoms with E-state index < -0.39 is 11.5 Å². The lowest BCUT2D eigenvalue weighted by molar-refractivity contribution is 0.0944. The zero-order chi connectivity index (χ0) is 17.0. The minimum absolute atomic E-state index is 0.00457. The molecule has 2 heterocycles. The second kappa shape index (κ2) is 7.08. The van der Waals surface area contributed by atoms with Crippen molar-refractivity contribution in [3.05, 3.63) is 39.2 Å². The van der Waals surface area contributed by atoms with Crippen molar-refractivity contribution in [1.82, 2.24) is 20.5 Å². The van der Waals surface area contributed by atoms with Gasteiger partial charge in [0.15, 0.2) is 0 Å². The molecule has 0 radical (unpaired) electrons. The van der Waals surface area contributed by atoms with E-state index >= 15 is 0 Å². The monoisotopic (exact) mass is 319 g/mol. The van der Waals surface area contributed by atoms with Gasteiger partial charge in [-0.25, -0.2) is 4.79 Å². The average Bonchev–Trinajstić information content (AvgIpc) is 2.90. The number of anilines is 1. The van der Waals surface area contributed by atoms with Crippen LogP contribution in [0.25, 0.3) is 0 Å². The van der Waals surface area contributed by atoms with E-state index in [1.165, 1.54) is 0 Å². The third-order valence-electron chi connectivity index (χ3n) is 3.57. The summed E-state index contributed by atoms with van der Waals surface area (Å²) >= 11 is 0. The molecule has 0 fully saturated rings. The maximum atomic E-state index is 12.2. The van der Waals surface area contributed by atoms with Crippen molar-refractivity contribution in [3.8, 4) is 0 Å². The molecule has 2 aromatic heterocycles. The summed E-state index contributed by atoms with van der Waals surface area (Å²) in [5, 5.41) is 8.83. The zero-order valence-corrected chi connectivity index (χ0v) is 13.5. The first kappa shape index (κ1) is 16.7. The highest BCUT2D eigenvalue weighted by molar-refractivity contribution is 5.95. The summed E-state index contributed by atoms with van der Waals surface area (Å²) in [5.74, 6) is 0.737. The lowest BCUT2D eigenvalue weighted by Gasteiger charge is -2.11. The van der Waals surface area contributed by atoms with E-state index in [0.29, 0.717) is 17.1 Å². The van der Waals surface area contributed by atoms with Crippen molar-refractivity contribution in [2.75, 3.05) is 5.73 Å². The SMILES string of the molecule is CCCC(C)c1cc(C)c(C(=O)NCc2nc(N)n[nH]2)c(=O)o1. The van der Waals surface area contributed by atoms with Gasteiger partial charge < -0.3 is 15.5 Å². The number of hydrogen-bond acceptors (Lipinski definition) is 6. The highest BCUT2D eigenvalue weighted by atomic mass is 16.4. The van der Waals surface area contributed by atoms with E-state index in [0.717, 1.165) is 12.8 Å². The van der Waals surface area contributed by atoms with Gasteiger partial charge >= 0.3 is 5.63 Å². The number of H-pyrrole nitrogens is 1. The van der Waals surface area contributed by atoms with Crippen LogP contribution in [0.4, 0.5) is 5.95 Å². The first-order chi connectivity index (χ1) is 10.9. The lowest BCUT2D eigenvalue weighted by atomic mass is 10.0. The Labute approximate surface area is 133 Å². The van der Waals surface area contributed by atoms with Crippen LogP contribution in [0, 0.1) is 6.92 Å². The number of aromatic nitrogens is 3. The smallest absolute Gasteiger partial charge is 0.349 e. The van der Waals surface area contributed by atoms with Gasteiger partial charge in [-0.1, -0.05) is 20.3 Å². The molecule has 0 aliphatic carbocycles. The fourth-order valence-electron chi connectivity index (χ4n) is 2.37. The van der Waals surface area contributed by atoms with Gasteiger partial charge in [-0.05, 0) is 25.0 Å². The molecule has 0 saturated heterocycles. The molecule has 2 rings (SSSR count). The molecule has 0 saturated carbocycles.